The van der Waals surface area contributed by atoms with Gasteiger partial charge in [-0.15, -0.1) is 0 Å². The highest BCUT2D eigenvalue weighted by Crippen LogP contribution is 2.04. The van der Waals surface area contributed by atoms with Crippen molar-refractivity contribution < 1.29 is 9.68 Å². The molecule has 0 spiro atoms. The third-order valence-corrected chi connectivity index (χ3v) is 1.75. The molecule has 1 N–H and O–H groups in total. The van der Waals surface area contributed by atoms with Gasteiger partial charge in [-0.25, -0.2) is 4.58 Å². The van der Waals surface area contributed by atoms with E-state index >= 15 is 0 Å². The lowest BCUT2D eigenvalue weighted by Crippen LogP contribution is -2.22. The van der Waals surface area contributed by atoms with Crippen LogP contribution < -0.4 is 0 Å². The van der Waals surface area contributed by atoms with Crippen molar-refractivity contribution in [3.63, 3.8) is 0 Å². The quantitative estimate of drug-likeness (QED) is 0.526. The second-order valence-corrected chi connectivity index (χ2v) is 2.81. The van der Waals surface area contributed by atoms with Crippen molar-refractivity contribution in [2.75, 3.05) is 6.54 Å². The fourth-order valence-electron chi connectivity index (χ4n) is 1.24. The Morgan fingerprint density at radius 1 is 1.56 bits per heavy atom. The summed E-state index contributed by atoms with van der Waals surface area (Å²) in [5, 5.41) is 9.20. The second-order valence-electron chi connectivity index (χ2n) is 2.81. The maximum absolute atomic E-state index is 9.20. The Morgan fingerprint density at radius 2 is 2.22 bits per heavy atom. The standard InChI is InChI=1S/C7H13NO/c1-6(2)8-5-3-4-7(8)9/h6H,3-5H2,1-2H3/p+1. The second kappa shape index (κ2) is 2.38. The van der Waals surface area contributed by atoms with Gasteiger partial charge in [0.1, 0.15) is 6.54 Å². The van der Waals surface area contributed by atoms with Crippen LogP contribution in [0, 0.1) is 0 Å². The number of hydrogen-bond donors (Lipinski definition) is 1. The van der Waals surface area contributed by atoms with Gasteiger partial charge in [0.2, 0.25) is 0 Å². The van der Waals surface area contributed by atoms with Crippen LogP contribution in [0.2, 0.25) is 0 Å². The number of hydrogen-bond acceptors (Lipinski definition) is 0. The van der Waals surface area contributed by atoms with E-state index in [-0.39, 0.29) is 0 Å². The molecule has 0 aliphatic carbocycles. The number of nitrogens with zero attached hydrogens (tertiary/aromatic N) is 1. The van der Waals surface area contributed by atoms with Crippen molar-refractivity contribution in [1.82, 2.24) is 0 Å². The molecule has 2 nitrogen and oxygen atoms in total. The highest BCUT2D eigenvalue weighted by molar-refractivity contribution is 5.69. The molecule has 1 heterocycles. The van der Waals surface area contributed by atoms with E-state index in [9.17, 15) is 5.11 Å². The van der Waals surface area contributed by atoms with Crippen molar-refractivity contribution in [3.8, 4) is 0 Å². The Labute approximate surface area is 55.8 Å². The molecule has 0 aromatic rings. The number of aliphatic hydroxyl groups is 1. The first-order chi connectivity index (χ1) is 4.22. The SMILES string of the molecule is CC(C)[N+]1=C(O)CCC1. The predicted octanol–water partition coefficient (Wildman–Crippen LogP) is 1.16. The van der Waals surface area contributed by atoms with Crippen molar-refractivity contribution in [1.29, 1.82) is 0 Å². The molecule has 0 unspecified atom stereocenters. The fourth-order valence-corrected chi connectivity index (χ4v) is 1.24. The first kappa shape index (κ1) is 6.59. The number of rotatable bonds is 1. The van der Waals surface area contributed by atoms with Gasteiger partial charge in [-0.05, 0) is 13.8 Å². The minimum Gasteiger partial charge on any atom is -0.464 e. The molecule has 1 aliphatic heterocycles. The smallest absolute Gasteiger partial charge is 0.334 e. The molecule has 2 heteroatoms. The first-order valence-electron chi connectivity index (χ1n) is 3.53. The summed E-state index contributed by atoms with van der Waals surface area (Å²) in [6, 6.07) is 0.465. The molecule has 0 radical (unpaired) electrons. The van der Waals surface area contributed by atoms with Crippen LogP contribution in [0.5, 0.6) is 0 Å². The van der Waals surface area contributed by atoms with Gasteiger partial charge in [-0.3, -0.25) is 0 Å². The summed E-state index contributed by atoms with van der Waals surface area (Å²) >= 11 is 0. The molecule has 52 valence electrons. The molecule has 0 aromatic heterocycles. The predicted molar refractivity (Wildman–Crippen MR) is 37.1 cm³/mol. The van der Waals surface area contributed by atoms with Crippen LogP contribution in [0.25, 0.3) is 0 Å². The summed E-state index contributed by atoms with van der Waals surface area (Å²) in [7, 11) is 0. The van der Waals surface area contributed by atoms with Crippen LogP contribution in [0.4, 0.5) is 0 Å². The van der Waals surface area contributed by atoms with Gasteiger partial charge in [-0.2, -0.15) is 0 Å². The first-order valence-corrected chi connectivity index (χ1v) is 3.53. The van der Waals surface area contributed by atoms with Crippen molar-refractivity contribution >= 4 is 5.90 Å². The summed E-state index contributed by atoms with van der Waals surface area (Å²) in [6.45, 7) is 5.23. The van der Waals surface area contributed by atoms with E-state index in [1.54, 1.807) is 0 Å². The van der Waals surface area contributed by atoms with Crippen molar-refractivity contribution in [3.05, 3.63) is 0 Å². The Balaban J connectivity index is 2.66. The van der Waals surface area contributed by atoms with Gasteiger partial charge in [0.05, 0.1) is 6.42 Å². The van der Waals surface area contributed by atoms with Crippen LogP contribution in [-0.2, 0) is 0 Å². The van der Waals surface area contributed by atoms with Crippen LogP contribution >= 0.6 is 0 Å². The van der Waals surface area contributed by atoms with Crippen LogP contribution in [0.15, 0.2) is 0 Å². The summed E-state index contributed by atoms with van der Waals surface area (Å²) < 4.78 is 2.04. The molecule has 1 rings (SSSR count). The van der Waals surface area contributed by atoms with Crippen LogP contribution in [-0.4, -0.2) is 28.2 Å². The Morgan fingerprint density at radius 3 is 2.44 bits per heavy atom. The largest absolute Gasteiger partial charge is 0.464 e. The fraction of sp³-hybridized carbons (Fsp3) is 0.857. The van der Waals surface area contributed by atoms with Gasteiger partial charge < -0.3 is 5.11 Å². The summed E-state index contributed by atoms with van der Waals surface area (Å²) in [5.41, 5.74) is 0. The highest BCUT2D eigenvalue weighted by Gasteiger charge is 2.23. The molecule has 9 heavy (non-hydrogen) atoms. The lowest BCUT2D eigenvalue weighted by molar-refractivity contribution is -0.557. The lowest BCUT2D eigenvalue weighted by atomic mass is 10.4. The van der Waals surface area contributed by atoms with E-state index in [1.165, 1.54) is 0 Å². The Kier molecular flexibility index (Phi) is 1.74. The van der Waals surface area contributed by atoms with Gasteiger partial charge in [0, 0.05) is 6.42 Å². The van der Waals surface area contributed by atoms with E-state index in [0.29, 0.717) is 11.9 Å². The maximum Gasteiger partial charge on any atom is 0.334 e. The number of aliphatic hydroxyl groups excluding tert-OH is 1. The molecular weight excluding hydrogens is 114 g/mol. The zero-order chi connectivity index (χ0) is 6.85. The topological polar surface area (TPSA) is 23.2 Å². The van der Waals surface area contributed by atoms with Crippen molar-refractivity contribution in [2.45, 2.75) is 32.7 Å². The van der Waals surface area contributed by atoms with E-state index < -0.39 is 0 Å². The zero-order valence-corrected chi connectivity index (χ0v) is 6.09. The van der Waals surface area contributed by atoms with E-state index in [1.807, 2.05) is 4.58 Å². The summed E-state index contributed by atoms with van der Waals surface area (Å²) in [4.78, 5) is 0. The van der Waals surface area contributed by atoms with E-state index in [2.05, 4.69) is 13.8 Å². The van der Waals surface area contributed by atoms with Crippen LogP contribution in [0.1, 0.15) is 26.7 Å². The Bertz CT molecular complexity index is 138. The third-order valence-electron chi connectivity index (χ3n) is 1.75. The zero-order valence-electron chi connectivity index (χ0n) is 6.09. The third kappa shape index (κ3) is 1.23. The molecule has 1 aliphatic rings. The molecule has 0 bridgehead atoms. The minimum atomic E-state index is 0.465. The highest BCUT2D eigenvalue weighted by atomic mass is 16.3. The van der Waals surface area contributed by atoms with Crippen molar-refractivity contribution in [2.24, 2.45) is 0 Å². The van der Waals surface area contributed by atoms with E-state index in [0.717, 1.165) is 19.4 Å². The minimum absolute atomic E-state index is 0.465. The monoisotopic (exact) mass is 128 g/mol. The molecule has 0 amide bonds. The molecular formula is C7H14NO+. The van der Waals surface area contributed by atoms with Gasteiger partial charge in [0.15, 0.2) is 6.04 Å². The molecule has 0 saturated heterocycles. The molecule has 0 atom stereocenters. The van der Waals surface area contributed by atoms with E-state index in [4.69, 9.17) is 0 Å². The molecule has 0 aromatic carbocycles. The average molecular weight is 128 g/mol. The molecule has 0 fully saturated rings. The van der Waals surface area contributed by atoms with Gasteiger partial charge >= 0.3 is 5.90 Å². The lowest BCUT2D eigenvalue weighted by Gasteiger charge is -2.00. The van der Waals surface area contributed by atoms with Gasteiger partial charge in [0.25, 0.3) is 0 Å². The van der Waals surface area contributed by atoms with Crippen LogP contribution in [0.3, 0.4) is 0 Å². The Hall–Kier alpha value is -0.530. The van der Waals surface area contributed by atoms with Gasteiger partial charge in [-0.1, -0.05) is 0 Å². The molecule has 0 saturated carbocycles. The summed E-state index contributed by atoms with van der Waals surface area (Å²) in [5.74, 6) is 0.574. The normalized spacial score (nSPS) is 19.9. The maximum atomic E-state index is 9.20. The summed E-state index contributed by atoms with van der Waals surface area (Å²) in [6.07, 6.45) is 1.99. The average Bonchev–Trinajstić information content (AvgIpc) is 2.13.